The van der Waals surface area contributed by atoms with Crippen molar-refractivity contribution in [3.8, 4) is 11.5 Å². The van der Waals surface area contributed by atoms with Gasteiger partial charge in [-0.05, 0) is 36.6 Å². The van der Waals surface area contributed by atoms with E-state index < -0.39 is 11.6 Å². The van der Waals surface area contributed by atoms with Crippen molar-refractivity contribution in [3.05, 3.63) is 54.1 Å². The van der Waals surface area contributed by atoms with Crippen LogP contribution in [0.1, 0.15) is 6.42 Å². The lowest BCUT2D eigenvalue weighted by atomic mass is 10.1. The van der Waals surface area contributed by atoms with Gasteiger partial charge >= 0.3 is 0 Å². The number of halogens is 2. The second-order valence-corrected chi connectivity index (χ2v) is 6.44. The highest BCUT2D eigenvalue weighted by Crippen LogP contribution is 2.26. The number of carbonyl (C=O) groups excluding carboxylic acids is 1. The van der Waals surface area contributed by atoms with Gasteiger partial charge < -0.3 is 19.7 Å². The fourth-order valence-electron chi connectivity index (χ4n) is 3.11. The minimum Gasteiger partial charge on any atom is -0.493 e. The minimum atomic E-state index is -0.850. The van der Waals surface area contributed by atoms with Gasteiger partial charge in [-0.15, -0.1) is 0 Å². The third-order valence-electron chi connectivity index (χ3n) is 4.57. The van der Waals surface area contributed by atoms with E-state index in [0.29, 0.717) is 30.3 Å². The Labute approximate surface area is 156 Å². The molecule has 1 heterocycles. The van der Waals surface area contributed by atoms with Crippen molar-refractivity contribution in [3.63, 3.8) is 0 Å². The van der Waals surface area contributed by atoms with Crippen molar-refractivity contribution in [1.29, 1.82) is 0 Å². The quantitative estimate of drug-likeness (QED) is 0.807. The predicted octanol–water partition coefficient (Wildman–Crippen LogP) is 2.99. The van der Waals surface area contributed by atoms with E-state index in [1.165, 1.54) is 6.07 Å². The molecule has 1 atom stereocenters. The lowest BCUT2D eigenvalue weighted by Crippen LogP contribution is -2.34. The van der Waals surface area contributed by atoms with E-state index in [9.17, 15) is 13.6 Å². The first-order valence-electron chi connectivity index (χ1n) is 8.79. The molecule has 3 rings (SSSR count). The molecule has 0 aromatic heterocycles. The molecule has 5 nitrogen and oxygen atoms in total. The summed E-state index contributed by atoms with van der Waals surface area (Å²) in [5.74, 6) is -0.584. The van der Waals surface area contributed by atoms with Crippen molar-refractivity contribution in [1.82, 2.24) is 5.32 Å². The zero-order valence-corrected chi connectivity index (χ0v) is 15.1. The first-order chi connectivity index (χ1) is 13.1. The number of hydrogen-bond acceptors (Lipinski definition) is 4. The fraction of sp³-hybridized carbons (Fsp3) is 0.350. The summed E-state index contributed by atoms with van der Waals surface area (Å²) >= 11 is 0. The molecule has 27 heavy (non-hydrogen) atoms. The van der Waals surface area contributed by atoms with Crippen LogP contribution in [0.25, 0.3) is 0 Å². The molecule has 2 aromatic rings. The number of amides is 1. The zero-order chi connectivity index (χ0) is 19.2. The summed E-state index contributed by atoms with van der Waals surface area (Å²) in [6, 6.07) is 11.0. The third-order valence-corrected chi connectivity index (χ3v) is 4.57. The molecule has 2 aromatic carbocycles. The maximum absolute atomic E-state index is 13.4. The van der Waals surface area contributed by atoms with E-state index in [4.69, 9.17) is 9.47 Å². The molecule has 0 aliphatic carbocycles. The molecule has 1 N–H and O–H groups in total. The summed E-state index contributed by atoms with van der Waals surface area (Å²) in [5, 5.41) is 2.86. The summed E-state index contributed by atoms with van der Waals surface area (Å²) in [6.07, 6.45) is 0.868. The van der Waals surface area contributed by atoms with Crippen molar-refractivity contribution in [2.24, 2.45) is 5.92 Å². The minimum absolute atomic E-state index is 0.0972. The van der Waals surface area contributed by atoms with Crippen molar-refractivity contribution in [2.75, 3.05) is 38.3 Å². The molecule has 0 saturated carbocycles. The maximum Gasteiger partial charge on any atom is 0.257 e. The zero-order valence-electron chi connectivity index (χ0n) is 15.1. The van der Waals surface area contributed by atoms with E-state index in [1.54, 1.807) is 31.4 Å². The van der Waals surface area contributed by atoms with Crippen LogP contribution in [0.3, 0.4) is 0 Å². The van der Waals surface area contributed by atoms with Crippen LogP contribution in [0.5, 0.6) is 11.5 Å². The molecule has 0 spiro atoms. The monoisotopic (exact) mass is 376 g/mol. The van der Waals surface area contributed by atoms with Gasteiger partial charge in [-0.1, -0.05) is 12.1 Å². The van der Waals surface area contributed by atoms with E-state index in [-0.39, 0.29) is 18.4 Å². The molecule has 1 fully saturated rings. The van der Waals surface area contributed by atoms with Gasteiger partial charge in [-0.25, -0.2) is 8.78 Å². The first kappa shape index (κ1) is 18.9. The molecule has 1 unspecified atom stereocenters. The van der Waals surface area contributed by atoms with E-state index >= 15 is 0 Å². The number of para-hydroxylation sites is 2. The summed E-state index contributed by atoms with van der Waals surface area (Å²) < 4.78 is 37.1. The summed E-state index contributed by atoms with van der Waals surface area (Å²) in [4.78, 5) is 14.0. The molecule has 1 aliphatic heterocycles. The first-order valence-corrected chi connectivity index (χ1v) is 8.79. The van der Waals surface area contributed by atoms with Crippen molar-refractivity contribution >= 4 is 11.6 Å². The molecule has 1 aliphatic rings. The van der Waals surface area contributed by atoms with Crippen molar-refractivity contribution in [2.45, 2.75) is 6.42 Å². The van der Waals surface area contributed by atoms with E-state index in [1.807, 2.05) is 11.0 Å². The average molecular weight is 376 g/mol. The van der Waals surface area contributed by atoms with Gasteiger partial charge in [-0.3, -0.25) is 4.79 Å². The van der Waals surface area contributed by atoms with E-state index in [0.717, 1.165) is 19.0 Å². The van der Waals surface area contributed by atoms with Crippen LogP contribution in [0.15, 0.2) is 42.5 Å². The lowest BCUT2D eigenvalue weighted by molar-refractivity contribution is -0.123. The highest BCUT2D eigenvalue weighted by molar-refractivity contribution is 5.77. The van der Waals surface area contributed by atoms with Gasteiger partial charge in [0.05, 0.1) is 7.11 Å². The van der Waals surface area contributed by atoms with Crippen LogP contribution in [0.2, 0.25) is 0 Å². The van der Waals surface area contributed by atoms with Crippen LogP contribution in [0.4, 0.5) is 14.5 Å². The third kappa shape index (κ3) is 4.87. The number of ether oxygens (including phenoxy) is 2. The Kier molecular flexibility index (Phi) is 6.11. The van der Waals surface area contributed by atoms with Gasteiger partial charge in [0, 0.05) is 31.4 Å². The van der Waals surface area contributed by atoms with Crippen LogP contribution >= 0.6 is 0 Å². The Morgan fingerprint density at radius 3 is 2.70 bits per heavy atom. The molecular formula is C20H22F2N2O3. The van der Waals surface area contributed by atoms with Crippen LogP contribution in [-0.2, 0) is 4.79 Å². The van der Waals surface area contributed by atoms with Gasteiger partial charge in [0.1, 0.15) is 0 Å². The van der Waals surface area contributed by atoms with Crippen molar-refractivity contribution < 1.29 is 23.0 Å². The summed E-state index contributed by atoms with van der Waals surface area (Å²) in [6.45, 7) is 1.83. The normalized spacial score (nSPS) is 16.3. The Morgan fingerprint density at radius 2 is 1.96 bits per heavy atom. The topological polar surface area (TPSA) is 50.8 Å². The number of hydrogen-bond donors (Lipinski definition) is 1. The maximum atomic E-state index is 13.4. The van der Waals surface area contributed by atoms with Crippen LogP contribution in [0, 0.1) is 17.6 Å². The largest absolute Gasteiger partial charge is 0.493 e. The predicted molar refractivity (Wildman–Crippen MR) is 98.2 cm³/mol. The second kappa shape index (κ2) is 8.70. The van der Waals surface area contributed by atoms with Gasteiger partial charge in [0.2, 0.25) is 0 Å². The molecule has 1 saturated heterocycles. The highest BCUT2D eigenvalue weighted by Gasteiger charge is 2.23. The lowest BCUT2D eigenvalue weighted by Gasteiger charge is -2.19. The molecule has 144 valence electrons. The Balaban J connectivity index is 1.44. The molecular weight excluding hydrogens is 354 g/mol. The smallest absolute Gasteiger partial charge is 0.257 e. The van der Waals surface area contributed by atoms with Crippen LogP contribution in [-0.4, -0.2) is 39.3 Å². The Bertz CT molecular complexity index is 801. The Morgan fingerprint density at radius 1 is 1.19 bits per heavy atom. The molecule has 7 heteroatoms. The van der Waals surface area contributed by atoms with Crippen LogP contribution < -0.4 is 19.7 Å². The standard InChI is InChI=1S/C20H22F2N2O3/c1-26-18-4-2-3-5-19(18)27-13-20(25)23-11-14-8-9-24(12-14)15-6-7-16(21)17(22)10-15/h2-7,10,14H,8-9,11-13H2,1H3,(H,23,25). The molecule has 0 radical (unpaired) electrons. The number of methoxy groups -OCH3 is 1. The number of nitrogens with one attached hydrogen (secondary N) is 1. The number of anilines is 1. The fourth-order valence-corrected chi connectivity index (χ4v) is 3.11. The molecule has 0 bridgehead atoms. The average Bonchev–Trinajstić information content (AvgIpc) is 3.16. The number of carbonyl (C=O) groups is 1. The van der Waals surface area contributed by atoms with Gasteiger partial charge in [0.15, 0.2) is 29.7 Å². The molecule has 1 amide bonds. The number of benzene rings is 2. The van der Waals surface area contributed by atoms with E-state index in [2.05, 4.69) is 5.32 Å². The number of rotatable bonds is 7. The van der Waals surface area contributed by atoms with Gasteiger partial charge in [-0.2, -0.15) is 0 Å². The summed E-state index contributed by atoms with van der Waals surface area (Å²) in [7, 11) is 1.54. The summed E-state index contributed by atoms with van der Waals surface area (Å²) in [5.41, 5.74) is 0.655. The van der Waals surface area contributed by atoms with Gasteiger partial charge in [0.25, 0.3) is 5.91 Å². The SMILES string of the molecule is COc1ccccc1OCC(=O)NCC1CCN(c2ccc(F)c(F)c2)C1. The highest BCUT2D eigenvalue weighted by atomic mass is 19.2. The Hall–Kier alpha value is -2.83. The number of nitrogens with zero attached hydrogens (tertiary/aromatic N) is 1. The second-order valence-electron chi connectivity index (χ2n) is 6.44.